The van der Waals surface area contributed by atoms with Crippen LogP contribution in [0.2, 0.25) is 0 Å². The maximum Gasteiger partial charge on any atom is 0.326 e. The van der Waals surface area contributed by atoms with Gasteiger partial charge in [-0.25, -0.2) is 13.2 Å². The van der Waals surface area contributed by atoms with Gasteiger partial charge in [0.15, 0.2) is 9.84 Å². The average molecular weight is 573 g/mol. The van der Waals surface area contributed by atoms with Crippen molar-refractivity contribution in [2.24, 2.45) is 21.4 Å². The molecule has 0 aromatic heterocycles. The number of ketones is 3. The number of carboxylic acids is 2. The largest absolute Gasteiger partial charge is 0.481 e. The first-order valence-corrected chi connectivity index (χ1v) is 14.6. The third-order valence-electron chi connectivity index (χ3n) is 6.00. The summed E-state index contributed by atoms with van der Waals surface area (Å²) in [5, 5.41) is 31.8. The molecule has 1 unspecified atom stereocenters. The van der Waals surface area contributed by atoms with E-state index in [4.69, 9.17) is 0 Å². The van der Waals surface area contributed by atoms with Crippen LogP contribution in [0.1, 0.15) is 77.6 Å². The molecule has 1 aliphatic heterocycles. The fourth-order valence-corrected chi connectivity index (χ4v) is 5.10. The second-order valence-corrected chi connectivity index (χ2v) is 11.5. The Labute approximate surface area is 226 Å². The number of nitrogens with one attached hydrogen (secondary N) is 1. The van der Waals surface area contributed by atoms with Crippen LogP contribution in [-0.2, 0) is 38.6 Å². The lowest BCUT2D eigenvalue weighted by molar-refractivity contribution is -0.145. The van der Waals surface area contributed by atoms with Gasteiger partial charge in [0.2, 0.25) is 5.91 Å². The van der Waals surface area contributed by atoms with Crippen LogP contribution in [0.4, 0.5) is 0 Å². The van der Waals surface area contributed by atoms with Crippen LogP contribution in [0, 0.1) is 5.92 Å². The highest BCUT2D eigenvalue weighted by molar-refractivity contribution is 7.92. The second-order valence-electron chi connectivity index (χ2n) is 9.35. The molecule has 0 fully saturated rings. The Bertz CT molecular complexity index is 1080. The lowest BCUT2D eigenvalue weighted by atomic mass is 9.95. The summed E-state index contributed by atoms with van der Waals surface area (Å²) in [6, 6.07) is -1.29. The number of amides is 1. The second kappa shape index (κ2) is 17.3. The Hall–Kier alpha value is -3.36. The molecule has 218 valence electrons. The van der Waals surface area contributed by atoms with E-state index in [1.165, 1.54) is 0 Å². The summed E-state index contributed by atoms with van der Waals surface area (Å²) in [6.07, 6.45) is -0.143. The highest BCUT2D eigenvalue weighted by Gasteiger charge is 2.25. The molecule has 15 heteroatoms. The Morgan fingerprint density at radius 1 is 0.897 bits per heavy atom. The van der Waals surface area contributed by atoms with E-state index >= 15 is 0 Å². The monoisotopic (exact) mass is 572 g/mol. The molecule has 14 nitrogen and oxygen atoms in total. The molecule has 1 amide bonds. The van der Waals surface area contributed by atoms with Crippen molar-refractivity contribution in [2.45, 2.75) is 83.6 Å². The van der Waals surface area contributed by atoms with Crippen LogP contribution >= 0.6 is 0 Å². The third-order valence-corrected chi connectivity index (χ3v) is 7.67. The van der Waals surface area contributed by atoms with Crippen LogP contribution in [0.25, 0.3) is 0 Å². The molecule has 1 aliphatic rings. The molecule has 0 saturated carbocycles. The summed E-state index contributed by atoms with van der Waals surface area (Å²) in [5.41, 5.74) is 0.731. The first-order chi connectivity index (χ1) is 18.3. The molecule has 39 heavy (non-hydrogen) atoms. The SMILES string of the molecule is CCC(=O)CCC(NC(=O)CC[C@H](CC(=O)CCCS(=O)(=O)CC(=O)CCCC1=NN=NC1)C(=O)O)C(=O)O. The van der Waals surface area contributed by atoms with Gasteiger partial charge in [0, 0.05) is 38.5 Å². The van der Waals surface area contributed by atoms with Crippen molar-refractivity contribution in [3.63, 3.8) is 0 Å². The lowest BCUT2D eigenvalue weighted by Crippen LogP contribution is -2.41. The molecule has 1 heterocycles. The van der Waals surface area contributed by atoms with E-state index in [1.807, 2.05) is 0 Å². The topological polar surface area (TPSA) is 226 Å². The highest BCUT2D eigenvalue weighted by Crippen LogP contribution is 2.15. The number of aliphatic carboxylic acids is 2. The summed E-state index contributed by atoms with van der Waals surface area (Å²) in [5.74, 6) is -6.70. The van der Waals surface area contributed by atoms with E-state index in [2.05, 4.69) is 20.8 Å². The molecule has 3 N–H and O–H groups in total. The number of carbonyl (C=O) groups excluding carboxylic acids is 4. The fourth-order valence-electron chi connectivity index (χ4n) is 3.74. The number of nitrogens with zero attached hydrogens (tertiary/aromatic N) is 3. The van der Waals surface area contributed by atoms with Gasteiger partial charge in [0.1, 0.15) is 35.7 Å². The van der Waals surface area contributed by atoms with Crippen LogP contribution in [-0.4, -0.2) is 83.6 Å². The molecule has 0 saturated heterocycles. The van der Waals surface area contributed by atoms with Crippen molar-refractivity contribution in [2.75, 3.05) is 18.1 Å². The Morgan fingerprint density at radius 2 is 1.59 bits per heavy atom. The van der Waals surface area contributed by atoms with Crippen molar-refractivity contribution >= 4 is 50.7 Å². The van der Waals surface area contributed by atoms with Gasteiger partial charge in [-0.3, -0.25) is 24.0 Å². The van der Waals surface area contributed by atoms with Crippen LogP contribution in [0.15, 0.2) is 15.4 Å². The van der Waals surface area contributed by atoms with Gasteiger partial charge in [0.05, 0.1) is 17.4 Å². The fraction of sp³-hybridized carbons (Fsp3) is 0.708. The third kappa shape index (κ3) is 15.0. The number of hydrogen-bond acceptors (Lipinski definition) is 11. The van der Waals surface area contributed by atoms with Crippen LogP contribution in [0.5, 0.6) is 0 Å². The zero-order valence-corrected chi connectivity index (χ0v) is 22.8. The first kappa shape index (κ1) is 33.7. The number of hydrogen-bond donors (Lipinski definition) is 3. The molecule has 0 bridgehead atoms. The summed E-state index contributed by atoms with van der Waals surface area (Å²) in [4.78, 5) is 70.7. The predicted octanol–water partition coefficient (Wildman–Crippen LogP) is 1.51. The summed E-state index contributed by atoms with van der Waals surface area (Å²) in [6.45, 7) is 2.01. The van der Waals surface area contributed by atoms with Crippen LogP contribution < -0.4 is 5.32 Å². The molecular formula is C24H36N4O10S. The van der Waals surface area contributed by atoms with Gasteiger partial charge < -0.3 is 15.5 Å². The molecular weight excluding hydrogens is 536 g/mol. The van der Waals surface area contributed by atoms with Gasteiger partial charge in [-0.15, -0.1) is 5.10 Å². The summed E-state index contributed by atoms with van der Waals surface area (Å²) >= 11 is 0. The minimum Gasteiger partial charge on any atom is -0.481 e. The predicted molar refractivity (Wildman–Crippen MR) is 138 cm³/mol. The van der Waals surface area contributed by atoms with Crippen molar-refractivity contribution in [1.29, 1.82) is 0 Å². The van der Waals surface area contributed by atoms with E-state index in [1.54, 1.807) is 6.92 Å². The quantitative estimate of drug-likeness (QED) is 0.169. The van der Waals surface area contributed by atoms with Gasteiger partial charge in [-0.2, -0.15) is 5.11 Å². The molecule has 0 aromatic carbocycles. The van der Waals surface area contributed by atoms with Crippen molar-refractivity contribution in [3.8, 4) is 0 Å². The number of carboxylic acid groups (broad SMARTS) is 2. The maximum atomic E-state index is 12.3. The Morgan fingerprint density at radius 3 is 2.18 bits per heavy atom. The molecule has 0 radical (unpaired) electrons. The van der Waals surface area contributed by atoms with Crippen molar-refractivity contribution < 1.29 is 47.4 Å². The zero-order chi connectivity index (χ0) is 29.4. The van der Waals surface area contributed by atoms with Crippen LogP contribution in [0.3, 0.4) is 0 Å². The van der Waals surface area contributed by atoms with E-state index in [-0.39, 0.29) is 57.1 Å². The van der Waals surface area contributed by atoms with E-state index in [9.17, 15) is 47.4 Å². The highest BCUT2D eigenvalue weighted by atomic mass is 32.2. The normalized spacial score (nSPS) is 14.3. The Balaban J connectivity index is 2.40. The molecule has 2 atom stereocenters. The lowest BCUT2D eigenvalue weighted by Gasteiger charge is -2.15. The van der Waals surface area contributed by atoms with E-state index < -0.39 is 69.1 Å². The summed E-state index contributed by atoms with van der Waals surface area (Å²) in [7, 11) is -3.73. The zero-order valence-electron chi connectivity index (χ0n) is 22.0. The Kier molecular flexibility index (Phi) is 14.9. The van der Waals surface area contributed by atoms with Crippen molar-refractivity contribution in [3.05, 3.63) is 0 Å². The molecule has 0 aliphatic carbocycles. The molecule has 0 spiro atoms. The number of Topliss-reactive ketones (excluding diaryl/α,β-unsaturated/α-hetero) is 3. The molecule has 1 rings (SSSR count). The average Bonchev–Trinajstić information content (AvgIpc) is 3.36. The number of rotatable bonds is 22. The van der Waals surface area contributed by atoms with Crippen molar-refractivity contribution in [1.82, 2.24) is 5.32 Å². The standard InChI is InChI=1S/C24H36N4O10S/c1-2-18(29)9-10-21(24(35)36)26-22(32)11-8-16(23(33)34)13-19(30)7-4-12-39(37,38)15-20(31)6-3-5-17-14-25-28-27-17/h16,21H,2-15H2,1H3,(H,26,32)(H,33,34)(H,35,36)/t16-,21?/m1/s1. The minimum absolute atomic E-state index is 0.0201. The first-order valence-electron chi connectivity index (χ1n) is 12.8. The van der Waals surface area contributed by atoms with Gasteiger partial charge in [-0.05, 0) is 37.3 Å². The summed E-state index contributed by atoms with van der Waals surface area (Å²) < 4.78 is 24.4. The minimum atomic E-state index is -3.73. The maximum absolute atomic E-state index is 12.3. The van der Waals surface area contributed by atoms with E-state index in [0.29, 0.717) is 19.4 Å². The number of carbonyl (C=O) groups is 6. The number of sulfone groups is 1. The molecule has 0 aromatic rings. The van der Waals surface area contributed by atoms with Gasteiger partial charge >= 0.3 is 11.9 Å². The van der Waals surface area contributed by atoms with Gasteiger partial charge in [0.25, 0.3) is 0 Å². The van der Waals surface area contributed by atoms with E-state index in [0.717, 1.165) is 5.71 Å². The van der Waals surface area contributed by atoms with Gasteiger partial charge in [-0.1, -0.05) is 6.92 Å². The smallest absolute Gasteiger partial charge is 0.326 e.